The molecule has 1 N–H and O–H groups in total. The second kappa shape index (κ2) is 4.81. The van der Waals surface area contributed by atoms with Crippen molar-refractivity contribution >= 4 is 16.9 Å². The summed E-state index contributed by atoms with van der Waals surface area (Å²) in [6.07, 6.45) is 1.51. The number of benzene rings is 1. The SMILES string of the molecule is Cc1cc2ccccc2n1Cc1cccnc1C(=O)O. The van der Waals surface area contributed by atoms with E-state index >= 15 is 0 Å². The van der Waals surface area contributed by atoms with E-state index in [4.69, 9.17) is 0 Å². The van der Waals surface area contributed by atoms with E-state index in [1.54, 1.807) is 6.07 Å². The number of nitrogens with zero attached hydrogens (tertiary/aromatic N) is 2. The molecule has 0 saturated carbocycles. The van der Waals surface area contributed by atoms with Crippen molar-refractivity contribution in [3.05, 3.63) is 65.6 Å². The lowest BCUT2D eigenvalue weighted by Gasteiger charge is -2.10. The number of pyridine rings is 1. The highest BCUT2D eigenvalue weighted by molar-refractivity contribution is 5.87. The number of rotatable bonds is 3. The van der Waals surface area contributed by atoms with Gasteiger partial charge in [0.1, 0.15) is 0 Å². The van der Waals surface area contributed by atoms with E-state index in [0.717, 1.165) is 16.6 Å². The van der Waals surface area contributed by atoms with Gasteiger partial charge in [-0.2, -0.15) is 0 Å². The van der Waals surface area contributed by atoms with Crippen LogP contribution in [0.5, 0.6) is 0 Å². The summed E-state index contributed by atoms with van der Waals surface area (Å²) >= 11 is 0. The van der Waals surface area contributed by atoms with Crippen LogP contribution in [-0.4, -0.2) is 20.6 Å². The molecule has 0 unspecified atom stereocenters. The molecular formula is C16H14N2O2. The normalized spacial score (nSPS) is 10.8. The summed E-state index contributed by atoms with van der Waals surface area (Å²) in [6, 6.07) is 13.8. The maximum Gasteiger partial charge on any atom is 0.354 e. The van der Waals surface area contributed by atoms with Gasteiger partial charge in [0.2, 0.25) is 0 Å². The maximum absolute atomic E-state index is 11.2. The molecule has 0 radical (unpaired) electrons. The molecule has 2 aromatic heterocycles. The number of aromatic carboxylic acids is 1. The average molecular weight is 266 g/mol. The summed E-state index contributed by atoms with van der Waals surface area (Å²) in [5.41, 5.74) is 3.03. The first-order valence-corrected chi connectivity index (χ1v) is 6.39. The molecule has 100 valence electrons. The summed E-state index contributed by atoms with van der Waals surface area (Å²) in [5, 5.41) is 10.4. The minimum absolute atomic E-state index is 0.115. The molecule has 4 heteroatoms. The highest BCUT2D eigenvalue weighted by Gasteiger charge is 2.13. The van der Waals surface area contributed by atoms with Crippen molar-refractivity contribution in [1.29, 1.82) is 0 Å². The summed E-state index contributed by atoms with van der Waals surface area (Å²) in [7, 11) is 0. The summed E-state index contributed by atoms with van der Waals surface area (Å²) in [6.45, 7) is 2.53. The molecule has 3 rings (SSSR count). The zero-order valence-electron chi connectivity index (χ0n) is 11.1. The molecule has 1 aromatic carbocycles. The van der Waals surface area contributed by atoms with Crippen LogP contribution in [0.3, 0.4) is 0 Å². The summed E-state index contributed by atoms with van der Waals surface area (Å²) in [5.74, 6) is -0.991. The minimum atomic E-state index is -0.991. The van der Waals surface area contributed by atoms with Crippen molar-refractivity contribution in [3.8, 4) is 0 Å². The molecule has 0 aliphatic carbocycles. The number of aryl methyl sites for hydroxylation is 1. The topological polar surface area (TPSA) is 55.1 Å². The quantitative estimate of drug-likeness (QED) is 0.792. The van der Waals surface area contributed by atoms with Gasteiger partial charge in [0.15, 0.2) is 5.69 Å². The number of fused-ring (bicyclic) bond motifs is 1. The van der Waals surface area contributed by atoms with Crippen molar-refractivity contribution in [2.75, 3.05) is 0 Å². The van der Waals surface area contributed by atoms with Gasteiger partial charge in [-0.25, -0.2) is 9.78 Å². The first kappa shape index (κ1) is 12.4. The number of hydrogen-bond acceptors (Lipinski definition) is 2. The Morgan fingerprint density at radius 1 is 1.25 bits per heavy atom. The van der Waals surface area contributed by atoms with Crippen molar-refractivity contribution in [2.24, 2.45) is 0 Å². The van der Waals surface area contributed by atoms with E-state index in [-0.39, 0.29) is 5.69 Å². The van der Waals surface area contributed by atoms with E-state index < -0.39 is 5.97 Å². The molecule has 2 heterocycles. The standard InChI is InChI=1S/C16H14N2O2/c1-11-9-12-5-2-3-7-14(12)18(11)10-13-6-4-8-17-15(13)16(19)20/h2-9H,10H2,1H3,(H,19,20). The van der Waals surface area contributed by atoms with Crippen LogP contribution in [0, 0.1) is 6.92 Å². The lowest BCUT2D eigenvalue weighted by molar-refractivity contribution is 0.0689. The lowest BCUT2D eigenvalue weighted by Crippen LogP contribution is -2.09. The third-order valence-electron chi connectivity index (χ3n) is 3.44. The third-order valence-corrected chi connectivity index (χ3v) is 3.44. The van der Waals surface area contributed by atoms with Crippen LogP contribution in [0.15, 0.2) is 48.7 Å². The van der Waals surface area contributed by atoms with Crippen LogP contribution < -0.4 is 0 Å². The highest BCUT2D eigenvalue weighted by atomic mass is 16.4. The molecule has 0 aliphatic heterocycles. The van der Waals surface area contributed by atoms with Crippen LogP contribution in [0.4, 0.5) is 0 Å². The zero-order chi connectivity index (χ0) is 14.1. The Labute approximate surface area is 116 Å². The largest absolute Gasteiger partial charge is 0.477 e. The van der Waals surface area contributed by atoms with E-state index in [0.29, 0.717) is 12.1 Å². The van der Waals surface area contributed by atoms with E-state index in [9.17, 15) is 9.90 Å². The van der Waals surface area contributed by atoms with Crippen molar-refractivity contribution in [1.82, 2.24) is 9.55 Å². The number of hydrogen-bond donors (Lipinski definition) is 1. The van der Waals surface area contributed by atoms with Crippen LogP contribution in [0.1, 0.15) is 21.7 Å². The van der Waals surface area contributed by atoms with Gasteiger partial charge in [-0.15, -0.1) is 0 Å². The van der Waals surface area contributed by atoms with Gasteiger partial charge in [-0.1, -0.05) is 24.3 Å². The van der Waals surface area contributed by atoms with Crippen LogP contribution in [0.2, 0.25) is 0 Å². The predicted molar refractivity (Wildman–Crippen MR) is 77.0 cm³/mol. The Balaban J connectivity index is 2.10. The van der Waals surface area contributed by atoms with Gasteiger partial charge in [-0.3, -0.25) is 0 Å². The number of carbonyl (C=O) groups is 1. The van der Waals surface area contributed by atoms with Gasteiger partial charge in [0.25, 0.3) is 0 Å². The van der Waals surface area contributed by atoms with E-state index in [2.05, 4.69) is 21.7 Å². The molecule has 0 atom stereocenters. The number of aromatic nitrogens is 2. The Morgan fingerprint density at radius 2 is 2.05 bits per heavy atom. The predicted octanol–water partition coefficient (Wildman–Crippen LogP) is 3.09. The number of para-hydroxylation sites is 1. The van der Waals surface area contributed by atoms with Crippen molar-refractivity contribution in [3.63, 3.8) is 0 Å². The second-order valence-corrected chi connectivity index (χ2v) is 4.75. The smallest absolute Gasteiger partial charge is 0.354 e. The highest BCUT2D eigenvalue weighted by Crippen LogP contribution is 2.21. The Morgan fingerprint density at radius 3 is 2.85 bits per heavy atom. The number of carboxylic acid groups (broad SMARTS) is 1. The Kier molecular flexibility index (Phi) is 2.99. The average Bonchev–Trinajstić information content (AvgIpc) is 2.76. The summed E-state index contributed by atoms with van der Waals surface area (Å²) in [4.78, 5) is 15.2. The molecular weight excluding hydrogens is 252 g/mol. The fourth-order valence-electron chi connectivity index (χ4n) is 2.49. The fraction of sp³-hybridized carbons (Fsp3) is 0.125. The van der Waals surface area contributed by atoms with Gasteiger partial charge >= 0.3 is 5.97 Å². The molecule has 0 saturated heterocycles. The molecule has 3 aromatic rings. The molecule has 20 heavy (non-hydrogen) atoms. The van der Waals surface area contributed by atoms with Crippen molar-refractivity contribution in [2.45, 2.75) is 13.5 Å². The third kappa shape index (κ3) is 2.05. The molecule has 0 aliphatic rings. The molecule has 0 amide bonds. The minimum Gasteiger partial charge on any atom is -0.477 e. The van der Waals surface area contributed by atoms with E-state index in [1.165, 1.54) is 6.20 Å². The first-order chi connectivity index (χ1) is 9.66. The van der Waals surface area contributed by atoms with Gasteiger partial charge in [0, 0.05) is 23.0 Å². The van der Waals surface area contributed by atoms with Gasteiger partial charge in [-0.05, 0) is 30.5 Å². The second-order valence-electron chi connectivity index (χ2n) is 4.75. The van der Waals surface area contributed by atoms with Gasteiger partial charge < -0.3 is 9.67 Å². The maximum atomic E-state index is 11.2. The molecule has 0 fully saturated rings. The monoisotopic (exact) mass is 266 g/mol. The molecule has 0 spiro atoms. The van der Waals surface area contributed by atoms with Crippen LogP contribution in [0.25, 0.3) is 10.9 Å². The van der Waals surface area contributed by atoms with Gasteiger partial charge in [0.05, 0.1) is 6.54 Å². The fourth-order valence-corrected chi connectivity index (χ4v) is 2.49. The zero-order valence-corrected chi connectivity index (χ0v) is 11.1. The summed E-state index contributed by atoms with van der Waals surface area (Å²) < 4.78 is 2.11. The Bertz CT molecular complexity index is 790. The van der Waals surface area contributed by atoms with Crippen LogP contribution >= 0.6 is 0 Å². The first-order valence-electron chi connectivity index (χ1n) is 6.39. The van der Waals surface area contributed by atoms with Crippen LogP contribution in [-0.2, 0) is 6.54 Å². The van der Waals surface area contributed by atoms with Crippen molar-refractivity contribution < 1.29 is 9.90 Å². The molecule has 4 nitrogen and oxygen atoms in total. The lowest BCUT2D eigenvalue weighted by atomic mass is 10.2. The van der Waals surface area contributed by atoms with E-state index in [1.807, 2.05) is 31.2 Å². The number of carboxylic acids is 1. The molecule has 0 bridgehead atoms. The Hall–Kier alpha value is -2.62.